The zero-order valence-corrected chi connectivity index (χ0v) is 8.82. The Morgan fingerprint density at radius 2 is 1.93 bits per heavy atom. The molecule has 0 aromatic rings. The van der Waals surface area contributed by atoms with Gasteiger partial charge in [0.15, 0.2) is 0 Å². The van der Waals surface area contributed by atoms with Gasteiger partial charge in [-0.15, -0.1) is 0 Å². The molecule has 0 bridgehead atoms. The minimum absolute atomic E-state index is 0.711. The van der Waals surface area contributed by atoms with Crippen LogP contribution in [-0.2, 0) is 4.79 Å². The molecule has 1 aliphatic carbocycles. The van der Waals surface area contributed by atoms with Crippen LogP contribution in [0.3, 0.4) is 0 Å². The summed E-state index contributed by atoms with van der Waals surface area (Å²) in [5.74, 6) is -2.95. The lowest BCUT2D eigenvalue weighted by atomic mass is 10.1. The van der Waals surface area contributed by atoms with Gasteiger partial charge in [-0.1, -0.05) is 31.5 Å². The molecule has 1 rings (SSSR count). The van der Waals surface area contributed by atoms with E-state index in [9.17, 15) is 23.1 Å². The van der Waals surface area contributed by atoms with Crippen molar-refractivity contribution in [2.45, 2.75) is 20.0 Å². The third kappa shape index (κ3) is 2.27. The molecule has 0 radical (unpaired) electrons. The van der Waals surface area contributed by atoms with Gasteiger partial charge in [-0.2, -0.15) is 13.2 Å². The molecule has 0 aromatic heterocycles. The van der Waals surface area contributed by atoms with Crippen molar-refractivity contribution in [3.8, 4) is 0 Å². The van der Waals surface area contributed by atoms with Gasteiger partial charge in [0.25, 0.3) is 0 Å². The van der Waals surface area contributed by atoms with Crippen molar-refractivity contribution < 1.29 is 23.1 Å². The highest BCUT2D eigenvalue weighted by molar-refractivity contribution is 6.30. The van der Waals surface area contributed by atoms with E-state index in [-0.39, 0.29) is 0 Å². The largest absolute Gasteiger partial charge is 0.550 e. The topological polar surface area (TPSA) is 40.1 Å². The number of aliphatic carboxylic acids is 1. The van der Waals surface area contributed by atoms with Crippen molar-refractivity contribution in [1.82, 2.24) is 0 Å². The SMILES string of the molecule is CC1(C)[C@@H](C=C(Cl)C(F)(F)F)[C@@H]1C(=O)[O-]. The fraction of sp³-hybridized carbons (Fsp3) is 0.667. The summed E-state index contributed by atoms with van der Waals surface area (Å²) < 4.78 is 36.2. The predicted octanol–water partition coefficient (Wildman–Crippen LogP) is 1.69. The molecular formula is C9H9ClF3O2-. The van der Waals surface area contributed by atoms with E-state index in [1.54, 1.807) is 13.8 Å². The van der Waals surface area contributed by atoms with Gasteiger partial charge >= 0.3 is 6.18 Å². The fourth-order valence-electron chi connectivity index (χ4n) is 1.69. The summed E-state index contributed by atoms with van der Waals surface area (Å²) in [4.78, 5) is 10.6. The molecule has 0 spiro atoms. The molecule has 0 heterocycles. The summed E-state index contributed by atoms with van der Waals surface area (Å²) in [6.45, 7) is 3.13. The van der Waals surface area contributed by atoms with Gasteiger partial charge in [-0.05, 0) is 11.3 Å². The average molecular weight is 242 g/mol. The number of halogens is 4. The second-order valence-electron chi connectivity index (χ2n) is 4.16. The van der Waals surface area contributed by atoms with Gasteiger partial charge < -0.3 is 9.90 Å². The summed E-state index contributed by atoms with van der Waals surface area (Å²) >= 11 is 5.01. The maximum atomic E-state index is 12.1. The summed E-state index contributed by atoms with van der Waals surface area (Å²) in [7, 11) is 0. The number of alkyl halides is 3. The monoisotopic (exact) mass is 241 g/mol. The standard InChI is InChI=1S/C9H10ClF3O2/c1-8(2)4(6(8)7(14)15)3-5(10)9(11,12)13/h3-4,6H,1-2H3,(H,14,15)/p-1/t4-,6+/m0/s1. The third-order valence-corrected chi connectivity index (χ3v) is 3.10. The fourth-order valence-corrected chi connectivity index (χ4v) is 1.83. The van der Waals surface area contributed by atoms with Crippen LogP contribution in [-0.4, -0.2) is 12.1 Å². The Labute approximate surface area is 89.7 Å². The molecule has 0 N–H and O–H groups in total. The van der Waals surface area contributed by atoms with Crippen molar-refractivity contribution >= 4 is 17.6 Å². The molecule has 6 heteroatoms. The van der Waals surface area contributed by atoms with Gasteiger partial charge in [0.05, 0.1) is 0 Å². The summed E-state index contributed by atoms with van der Waals surface area (Å²) in [6, 6.07) is 0. The minimum atomic E-state index is -4.61. The lowest BCUT2D eigenvalue weighted by Crippen LogP contribution is -2.26. The Morgan fingerprint density at radius 1 is 1.47 bits per heavy atom. The zero-order valence-electron chi connectivity index (χ0n) is 8.06. The molecule has 0 unspecified atom stereocenters. The smallest absolute Gasteiger partial charge is 0.426 e. The molecule has 2 atom stereocenters. The lowest BCUT2D eigenvalue weighted by Gasteiger charge is -2.04. The molecule has 2 nitrogen and oxygen atoms in total. The molecular weight excluding hydrogens is 233 g/mol. The highest BCUT2D eigenvalue weighted by Crippen LogP contribution is 2.59. The third-order valence-electron chi connectivity index (χ3n) is 2.76. The van der Waals surface area contributed by atoms with E-state index in [1.165, 1.54) is 0 Å². The molecule has 1 aliphatic rings. The van der Waals surface area contributed by atoms with Crippen LogP contribution in [0.4, 0.5) is 13.2 Å². The van der Waals surface area contributed by atoms with Crippen molar-refractivity contribution in [3.05, 3.63) is 11.1 Å². The quantitative estimate of drug-likeness (QED) is 0.738. The second kappa shape index (κ2) is 3.40. The predicted molar refractivity (Wildman–Crippen MR) is 45.8 cm³/mol. The van der Waals surface area contributed by atoms with Crippen LogP contribution in [0.1, 0.15) is 13.8 Å². The first-order valence-electron chi connectivity index (χ1n) is 4.24. The van der Waals surface area contributed by atoms with Crippen molar-refractivity contribution in [2.24, 2.45) is 17.3 Å². The molecule has 15 heavy (non-hydrogen) atoms. The van der Waals surface area contributed by atoms with E-state index in [2.05, 4.69) is 0 Å². The van der Waals surface area contributed by atoms with Gasteiger partial charge in [0.2, 0.25) is 0 Å². The first kappa shape index (κ1) is 12.4. The summed E-state index contributed by atoms with van der Waals surface area (Å²) in [5.41, 5.74) is -0.718. The molecule has 0 aliphatic heterocycles. The number of allylic oxidation sites excluding steroid dienone is 2. The van der Waals surface area contributed by atoms with Gasteiger partial charge in [0, 0.05) is 11.9 Å². The van der Waals surface area contributed by atoms with Gasteiger partial charge in [-0.3, -0.25) is 0 Å². The number of hydrogen-bond acceptors (Lipinski definition) is 2. The van der Waals surface area contributed by atoms with E-state index < -0.39 is 34.4 Å². The summed E-state index contributed by atoms with van der Waals surface area (Å²) in [5, 5.41) is 9.28. The van der Waals surface area contributed by atoms with E-state index >= 15 is 0 Å². The number of carbonyl (C=O) groups excluding carboxylic acids is 1. The van der Waals surface area contributed by atoms with E-state index in [0.29, 0.717) is 0 Å². The number of carboxylic acids is 1. The van der Waals surface area contributed by atoms with Gasteiger partial charge in [0.1, 0.15) is 5.03 Å². The number of hydrogen-bond donors (Lipinski definition) is 0. The maximum absolute atomic E-state index is 12.1. The van der Waals surface area contributed by atoms with Crippen molar-refractivity contribution in [2.75, 3.05) is 0 Å². The molecule has 0 aromatic carbocycles. The van der Waals surface area contributed by atoms with Crippen LogP contribution in [0.15, 0.2) is 11.1 Å². The van der Waals surface area contributed by atoms with Crippen LogP contribution in [0.5, 0.6) is 0 Å². The van der Waals surface area contributed by atoms with Crippen molar-refractivity contribution in [1.29, 1.82) is 0 Å². The minimum Gasteiger partial charge on any atom is -0.550 e. The van der Waals surface area contributed by atoms with Crippen LogP contribution < -0.4 is 5.11 Å². The Hall–Kier alpha value is -0.710. The highest BCUT2D eigenvalue weighted by atomic mass is 35.5. The lowest BCUT2D eigenvalue weighted by molar-refractivity contribution is -0.309. The van der Waals surface area contributed by atoms with Crippen LogP contribution in [0, 0.1) is 17.3 Å². The Morgan fingerprint density at radius 3 is 2.20 bits per heavy atom. The molecule has 1 saturated carbocycles. The normalized spacial score (nSPS) is 30.1. The zero-order chi connectivity index (χ0) is 12.0. The first-order valence-corrected chi connectivity index (χ1v) is 4.61. The first-order chi connectivity index (χ1) is 6.58. The number of carboxylic acid groups (broad SMARTS) is 1. The maximum Gasteiger partial charge on any atom is 0.426 e. The van der Waals surface area contributed by atoms with E-state index in [1.807, 2.05) is 0 Å². The van der Waals surface area contributed by atoms with Crippen LogP contribution in [0.25, 0.3) is 0 Å². The molecule has 0 amide bonds. The Kier molecular flexibility index (Phi) is 2.80. The molecule has 0 saturated heterocycles. The second-order valence-corrected chi connectivity index (χ2v) is 4.56. The van der Waals surface area contributed by atoms with Crippen LogP contribution in [0.2, 0.25) is 0 Å². The summed E-state index contributed by atoms with van der Waals surface area (Å²) in [6.07, 6.45) is -3.86. The average Bonchev–Trinajstić information content (AvgIpc) is 2.50. The van der Waals surface area contributed by atoms with E-state index in [0.717, 1.165) is 6.08 Å². The highest BCUT2D eigenvalue weighted by Gasteiger charge is 2.58. The number of rotatable bonds is 2. The number of carbonyl (C=O) groups is 1. The van der Waals surface area contributed by atoms with Crippen LogP contribution >= 0.6 is 11.6 Å². The Balaban J connectivity index is 2.83. The molecule has 1 fully saturated rings. The van der Waals surface area contributed by atoms with E-state index in [4.69, 9.17) is 11.6 Å². The van der Waals surface area contributed by atoms with Crippen molar-refractivity contribution in [3.63, 3.8) is 0 Å². The molecule has 86 valence electrons. The van der Waals surface area contributed by atoms with Gasteiger partial charge in [-0.25, -0.2) is 0 Å². The Bertz CT molecular complexity index is 320.